The number of rotatable bonds is 6. The van der Waals surface area contributed by atoms with Crippen LogP contribution in [0.2, 0.25) is 0 Å². The van der Waals surface area contributed by atoms with E-state index in [0.29, 0.717) is 18.2 Å². The van der Waals surface area contributed by atoms with Crippen LogP contribution in [0.1, 0.15) is 22.8 Å². The summed E-state index contributed by atoms with van der Waals surface area (Å²) in [7, 11) is 7.48. The average molecular weight is 375 g/mol. The van der Waals surface area contributed by atoms with E-state index >= 15 is 0 Å². The van der Waals surface area contributed by atoms with Gasteiger partial charge in [0.25, 0.3) is 5.91 Å². The smallest absolute Gasteiger partial charge is 0.253 e. The number of carbonyl (C=O) groups excluding carboxylic acids is 1. The molecule has 150 valence electrons. The van der Waals surface area contributed by atoms with Crippen LogP contribution in [0.5, 0.6) is 0 Å². The highest BCUT2D eigenvalue weighted by molar-refractivity contribution is 5.93. The van der Waals surface area contributed by atoms with Crippen molar-refractivity contribution in [2.24, 2.45) is 4.99 Å². The topological polar surface area (TPSA) is 63.2 Å². The number of likely N-dealkylation sites (N-methyl/N-ethyl adjacent to an activating group) is 1. The summed E-state index contributed by atoms with van der Waals surface area (Å²) in [5.74, 6) is 0.814. The van der Waals surface area contributed by atoms with Gasteiger partial charge in [0.05, 0.1) is 0 Å². The fourth-order valence-electron chi connectivity index (χ4n) is 3.07. The van der Waals surface area contributed by atoms with Gasteiger partial charge in [0.2, 0.25) is 0 Å². The second-order valence-electron chi connectivity index (χ2n) is 7.39. The molecule has 1 atom stereocenters. The van der Waals surface area contributed by atoms with Crippen LogP contribution in [0.15, 0.2) is 29.3 Å². The van der Waals surface area contributed by atoms with E-state index in [-0.39, 0.29) is 5.91 Å². The highest BCUT2D eigenvalue weighted by atomic mass is 16.2. The zero-order valence-electron chi connectivity index (χ0n) is 17.3. The van der Waals surface area contributed by atoms with Gasteiger partial charge in [-0.15, -0.1) is 0 Å². The Balaban J connectivity index is 1.77. The van der Waals surface area contributed by atoms with Crippen LogP contribution in [0.25, 0.3) is 0 Å². The van der Waals surface area contributed by atoms with Crippen molar-refractivity contribution in [2.45, 2.75) is 19.5 Å². The van der Waals surface area contributed by atoms with Crippen molar-refractivity contribution in [3.63, 3.8) is 0 Å². The molecule has 1 amide bonds. The van der Waals surface area contributed by atoms with E-state index in [1.807, 2.05) is 24.3 Å². The molecular formula is C20H34N6O. The standard InChI is InChI=1S/C20H34N6O/c1-16(26-12-10-25(5)11-13-26)14-22-20(21-2)23-15-17-6-8-18(9-7-17)19(27)24(3)4/h6-9,16H,10-15H2,1-5H3,(H2,21,22,23). The van der Waals surface area contributed by atoms with Gasteiger partial charge in [0.1, 0.15) is 0 Å². The summed E-state index contributed by atoms with van der Waals surface area (Å²) >= 11 is 0. The summed E-state index contributed by atoms with van der Waals surface area (Å²) in [6, 6.07) is 8.15. The lowest BCUT2D eigenvalue weighted by molar-refractivity contribution is 0.0827. The van der Waals surface area contributed by atoms with Gasteiger partial charge in [-0.3, -0.25) is 14.7 Å². The number of nitrogens with one attached hydrogen (secondary N) is 2. The molecule has 0 aliphatic carbocycles. The van der Waals surface area contributed by atoms with Crippen molar-refractivity contribution in [1.29, 1.82) is 0 Å². The first-order chi connectivity index (χ1) is 12.9. The predicted octanol–water partition coefficient (Wildman–Crippen LogP) is 0.689. The summed E-state index contributed by atoms with van der Waals surface area (Å²) < 4.78 is 0. The maximum Gasteiger partial charge on any atom is 0.253 e. The molecule has 1 saturated heterocycles. The Kier molecular flexibility index (Phi) is 8.06. The zero-order valence-corrected chi connectivity index (χ0v) is 17.3. The third-order valence-corrected chi connectivity index (χ3v) is 5.02. The number of hydrogen-bond donors (Lipinski definition) is 2. The molecule has 0 aromatic heterocycles. The third-order valence-electron chi connectivity index (χ3n) is 5.02. The van der Waals surface area contributed by atoms with Crippen LogP contribution in [-0.4, -0.2) is 93.5 Å². The van der Waals surface area contributed by atoms with E-state index in [0.717, 1.165) is 44.2 Å². The average Bonchev–Trinajstić information content (AvgIpc) is 2.68. The normalized spacial score (nSPS) is 17.4. The summed E-state index contributed by atoms with van der Waals surface area (Å²) in [6.45, 7) is 8.27. The zero-order chi connectivity index (χ0) is 19.8. The van der Waals surface area contributed by atoms with E-state index in [2.05, 4.69) is 39.4 Å². The summed E-state index contributed by atoms with van der Waals surface area (Å²) in [5, 5.41) is 6.75. The van der Waals surface area contributed by atoms with E-state index in [1.165, 1.54) is 0 Å². The molecular weight excluding hydrogens is 340 g/mol. The molecule has 0 bridgehead atoms. The molecule has 7 heteroatoms. The first kappa shape index (κ1) is 21.2. The molecule has 7 nitrogen and oxygen atoms in total. The van der Waals surface area contributed by atoms with Crippen molar-refractivity contribution in [3.05, 3.63) is 35.4 Å². The number of benzene rings is 1. The number of carbonyl (C=O) groups is 1. The molecule has 2 rings (SSSR count). The number of amides is 1. The van der Waals surface area contributed by atoms with Crippen LogP contribution < -0.4 is 10.6 Å². The number of hydrogen-bond acceptors (Lipinski definition) is 4. The quantitative estimate of drug-likeness (QED) is 0.567. The van der Waals surface area contributed by atoms with Gasteiger partial charge in [-0.25, -0.2) is 0 Å². The van der Waals surface area contributed by atoms with Crippen LogP contribution in [0.3, 0.4) is 0 Å². The Bertz CT molecular complexity index is 620. The molecule has 1 aliphatic rings. The Labute approximate surface area is 163 Å². The summed E-state index contributed by atoms with van der Waals surface area (Å²) in [6.07, 6.45) is 0. The van der Waals surface area contributed by atoms with Gasteiger partial charge in [-0.05, 0) is 31.7 Å². The lowest BCUT2D eigenvalue weighted by atomic mass is 10.1. The van der Waals surface area contributed by atoms with Crippen LogP contribution >= 0.6 is 0 Å². The second-order valence-corrected chi connectivity index (χ2v) is 7.39. The van der Waals surface area contributed by atoms with Gasteiger partial charge in [0.15, 0.2) is 5.96 Å². The molecule has 1 fully saturated rings. The van der Waals surface area contributed by atoms with E-state index in [1.54, 1.807) is 26.0 Å². The molecule has 0 saturated carbocycles. The first-order valence-electron chi connectivity index (χ1n) is 9.58. The molecule has 2 N–H and O–H groups in total. The fourth-order valence-corrected chi connectivity index (χ4v) is 3.07. The minimum Gasteiger partial charge on any atom is -0.355 e. The maximum absolute atomic E-state index is 11.9. The lowest BCUT2D eigenvalue weighted by Gasteiger charge is -2.36. The Hall–Kier alpha value is -2.12. The third kappa shape index (κ3) is 6.52. The highest BCUT2D eigenvalue weighted by Gasteiger charge is 2.19. The molecule has 27 heavy (non-hydrogen) atoms. The summed E-state index contributed by atoms with van der Waals surface area (Å²) in [4.78, 5) is 22.7. The Morgan fingerprint density at radius 1 is 1.15 bits per heavy atom. The highest BCUT2D eigenvalue weighted by Crippen LogP contribution is 2.07. The van der Waals surface area contributed by atoms with Crippen molar-refractivity contribution < 1.29 is 4.79 Å². The maximum atomic E-state index is 11.9. The Morgan fingerprint density at radius 2 is 1.78 bits per heavy atom. The number of aliphatic imine (C=N–C) groups is 1. The number of piperazine rings is 1. The van der Waals surface area contributed by atoms with Gasteiger partial charge in [-0.2, -0.15) is 0 Å². The van der Waals surface area contributed by atoms with Crippen LogP contribution in [0, 0.1) is 0 Å². The van der Waals surface area contributed by atoms with Crippen molar-refractivity contribution in [2.75, 3.05) is 60.9 Å². The largest absolute Gasteiger partial charge is 0.355 e. The van der Waals surface area contributed by atoms with E-state index in [4.69, 9.17) is 0 Å². The van der Waals surface area contributed by atoms with Crippen LogP contribution in [-0.2, 0) is 6.54 Å². The SMILES string of the molecule is CN=C(NCc1ccc(C(=O)N(C)C)cc1)NCC(C)N1CCN(C)CC1. The van der Waals surface area contributed by atoms with Crippen molar-refractivity contribution >= 4 is 11.9 Å². The second kappa shape index (κ2) is 10.3. The molecule has 1 heterocycles. The van der Waals surface area contributed by atoms with Crippen molar-refractivity contribution in [3.8, 4) is 0 Å². The molecule has 1 aromatic rings. The monoisotopic (exact) mass is 374 g/mol. The molecule has 0 spiro atoms. The number of nitrogens with zero attached hydrogens (tertiary/aromatic N) is 4. The van der Waals surface area contributed by atoms with E-state index < -0.39 is 0 Å². The van der Waals surface area contributed by atoms with E-state index in [9.17, 15) is 4.79 Å². The molecule has 1 aliphatic heterocycles. The first-order valence-corrected chi connectivity index (χ1v) is 9.58. The lowest BCUT2D eigenvalue weighted by Crippen LogP contribution is -2.52. The van der Waals surface area contributed by atoms with Crippen LogP contribution in [0.4, 0.5) is 0 Å². The molecule has 1 unspecified atom stereocenters. The van der Waals surface area contributed by atoms with Gasteiger partial charge in [0, 0.05) is 72.0 Å². The minimum absolute atomic E-state index is 0.0184. The van der Waals surface area contributed by atoms with Gasteiger partial charge < -0.3 is 20.4 Å². The number of guanidine groups is 1. The van der Waals surface area contributed by atoms with Gasteiger partial charge in [-0.1, -0.05) is 12.1 Å². The van der Waals surface area contributed by atoms with Gasteiger partial charge >= 0.3 is 0 Å². The molecule has 1 aromatic carbocycles. The summed E-state index contributed by atoms with van der Waals surface area (Å²) in [5.41, 5.74) is 1.81. The Morgan fingerprint density at radius 3 is 2.33 bits per heavy atom. The molecule has 0 radical (unpaired) electrons. The predicted molar refractivity (Wildman–Crippen MR) is 111 cm³/mol. The minimum atomic E-state index is 0.0184. The fraction of sp³-hybridized carbons (Fsp3) is 0.600. The van der Waals surface area contributed by atoms with Crippen molar-refractivity contribution in [1.82, 2.24) is 25.3 Å².